The van der Waals surface area contributed by atoms with Gasteiger partial charge in [0.2, 0.25) is 0 Å². The zero-order chi connectivity index (χ0) is 21.5. The predicted octanol–water partition coefficient (Wildman–Crippen LogP) is 5.04. The Morgan fingerprint density at radius 3 is 2.87 bits per heavy atom. The Balaban J connectivity index is 1.64. The smallest absolute Gasteiger partial charge is 0.156 e. The number of aromatic nitrogens is 3. The molecule has 2 aromatic carbocycles. The number of para-hydroxylation sites is 1. The van der Waals surface area contributed by atoms with Crippen molar-refractivity contribution in [3.05, 3.63) is 76.7 Å². The number of hydrogen-bond acceptors (Lipinski definition) is 5. The summed E-state index contributed by atoms with van der Waals surface area (Å²) < 4.78 is 28.6. The quantitative estimate of drug-likeness (QED) is 0.419. The molecule has 1 atom stereocenters. The van der Waals surface area contributed by atoms with Gasteiger partial charge in [0.1, 0.15) is 29.5 Å². The van der Waals surface area contributed by atoms with Gasteiger partial charge in [0.15, 0.2) is 11.7 Å². The second kappa shape index (κ2) is 7.63. The molecule has 6 nitrogen and oxygen atoms in total. The van der Waals surface area contributed by atoms with Crippen molar-refractivity contribution in [3.63, 3.8) is 0 Å². The first-order valence-corrected chi connectivity index (χ1v) is 10.0. The number of H-pyrrole nitrogens is 1. The molecule has 0 radical (unpaired) electrons. The highest BCUT2D eigenvalue weighted by Crippen LogP contribution is 2.33. The number of aliphatic imine (C=N–C) groups is 1. The van der Waals surface area contributed by atoms with Crippen LogP contribution in [0.3, 0.4) is 0 Å². The molecule has 0 unspecified atom stereocenters. The van der Waals surface area contributed by atoms with E-state index in [9.17, 15) is 8.78 Å². The summed E-state index contributed by atoms with van der Waals surface area (Å²) in [5.41, 5.74) is 2.62. The average Bonchev–Trinajstić information content (AvgIpc) is 3.22. The van der Waals surface area contributed by atoms with Crippen LogP contribution < -0.4 is 10.6 Å². The zero-order valence-electron chi connectivity index (χ0n) is 16.4. The molecule has 156 valence electrons. The average molecular weight is 439 g/mol. The summed E-state index contributed by atoms with van der Waals surface area (Å²) in [6.07, 6.45) is 1.59. The lowest BCUT2D eigenvalue weighted by Crippen LogP contribution is -2.32. The molecule has 3 N–H and O–H groups in total. The fraction of sp³-hybridized carbons (Fsp3) is 0.136. The van der Waals surface area contributed by atoms with Crippen LogP contribution in [0.15, 0.2) is 53.8 Å². The number of imidazole rings is 1. The zero-order valence-corrected chi connectivity index (χ0v) is 17.1. The molecular weight excluding hydrogens is 422 g/mol. The maximum atomic E-state index is 14.5. The van der Waals surface area contributed by atoms with Gasteiger partial charge < -0.3 is 15.6 Å². The minimum absolute atomic E-state index is 0.212. The molecule has 4 aromatic rings. The van der Waals surface area contributed by atoms with Crippen LogP contribution >= 0.6 is 11.6 Å². The lowest BCUT2D eigenvalue weighted by atomic mass is 9.98. The number of fused-ring (bicyclic) bond motifs is 2. The number of aromatic amines is 1. The van der Waals surface area contributed by atoms with E-state index < -0.39 is 11.6 Å². The molecule has 31 heavy (non-hydrogen) atoms. The van der Waals surface area contributed by atoms with Gasteiger partial charge in [-0.3, -0.25) is 0 Å². The second-order valence-electron chi connectivity index (χ2n) is 7.23. The number of nitrogens with one attached hydrogen (secondary N) is 3. The van der Waals surface area contributed by atoms with Gasteiger partial charge in [-0.25, -0.2) is 23.7 Å². The van der Waals surface area contributed by atoms with Crippen LogP contribution in [0.5, 0.6) is 0 Å². The van der Waals surface area contributed by atoms with E-state index in [1.165, 1.54) is 18.2 Å². The normalized spacial score (nSPS) is 14.0. The molecule has 0 bridgehead atoms. The fourth-order valence-electron chi connectivity index (χ4n) is 3.71. The maximum absolute atomic E-state index is 14.5. The van der Waals surface area contributed by atoms with Gasteiger partial charge in [-0.2, -0.15) is 0 Å². The predicted molar refractivity (Wildman–Crippen MR) is 117 cm³/mol. The Hall–Kier alpha value is -3.52. The maximum Gasteiger partial charge on any atom is 0.156 e. The highest BCUT2D eigenvalue weighted by Gasteiger charge is 2.22. The van der Waals surface area contributed by atoms with Crippen molar-refractivity contribution in [1.82, 2.24) is 20.3 Å². The van der Waals surface area contributed by atoms with E-state index in [4.69, 9.17) is 11.6 Å². The molecule has 2 aromatic heterocycles. The Morgan fingerprint density at radius 1 is 1.16 bits per heavy atom. The van der Waals surface area contributed by atoms with Crippen LogP contribution in [0.2, 0.25) is 5.02 Å². The molecule has 0 fully saturated rings. The molecule has 1 aliphatic heterocycles. The van der Waals surface area contributed by atoms with Crippen LogP contribution in [0, 0.1) is 11.6 Å². The lowest BCUT2D eigenvalue weighted by Gasteiger charge is -2.22. The van der Waals surface area contributed by atoms with E-state index in [2.05, 4.69) is 30.6 Å². The summed E-state index contributed by atoms with van der Waals surface area (Å²) in [7, 11) is 0. The minimum Gasteiger partial charge on any atom is -0.362 e. The highest BCUT2D eigenvalue weighted by atomic mass is 35.5. The molecule has 0 saturated carbocycles. The summed E-state index contributed by atoms with van der Waals surface area (Å²) >= 11 is 6.09. The summed E-state index contributed by atoms with van der Waals surface area (Å²) in [4.78, 5) is 16.3. The molecule has 0 amide bonds. The Bertz CT molecular complexity index is 1310. The first-order chi connectivity index (χ1) is 15.0. The Labute approximate surface area is 181 Å². The number of nitrogens with zero attached hydrogens (tertiary/aromatic N) is 3. The third kappa shape index (κ3) is 3.59. The van der Waals surface area contributed by atoms with Crippen LogP contribution in [0.4, 0.5) is 14.6 Å². The van der Waals surface area contributed by atoms with Crippen molar-refractivity contribution >= 4 is 34.2 Å². The summed E-state index contributed by atoms with van der Waals surface area (Å²) in [6, 6.07) is 10.5. The molecule has 1 aliphatic rings. The minimum atomic E-state index is -0.491. The van der Waals surface area contributed by atoms with E-state index in [0.29, 0.717) is 35.0 Å². The second-order valence-corrected chi connectivity index (χ2v) is 7.67. The monoisotopic (exact) mass is 438 g/mol. The standard InChI is InChI=1S/C22H17ClF2N6/c1-11(30-22-20-21(27-9-26-20)28-10-29-22)16-7-12-3-2-4-17(25)19(12)31-18(16)13-5-14(23)8-15(24)6-13/h2-9,11,28H,10H2,1H3,(H,26,27)(H,29,30)/t11-/m0/s1. The van der Waals surface area contributed by atoms with E-state index >= 15 is 0 Å². The van der Waals surface area contributed by atoms with Gasteiger partial charge >= 0.3 is 0 Å². The van der Waals surface area contributed by atoms with Gasteiger partial charge in [-0.15, -0.1) is 0 Å². The Morgan fingerprint density at radius 2 is 2.03 bits per heavy atom. The van der Waals surface area contributed by atoms with Crippen molar-refractivity contribution in [2.45, 2.75) is 13.0 Å². The molecule has 3 heterocycles. The van der Waals surface area contributed by atoms with Gasteiger partial charge in [0.05, 0.1) is 18.1 Å². The third-order valence-electron chi connectivity index (χ3n) is 5.14. The van der Waals surface area contributed by atoms with Crippen LogP contribution in [-0.4, -0.2) is 27.5 Å². The topological polar surface area (TPSA) is 78.0 Å². The van der Waals surface area contributed by atoms with E-state index in [1.54, 1.807) is 24.5 Å². The van der Waals surface area contributed by atoms with Crippen molar-refractivity contribution in [2.24, 2.45) is 4.99 Å². The number of halogens is 3. The lowest BCUT2D eigenvalue weighted by molar-refractivity contribution is 0.628. The number of anilines is 1. The van der Waals surface area contributed by atoms with Gasteiger partial charge in [0, 0.05) is 21.5 Å². The number of amidine groups is 1. The number of benzene rings is 2. The molecule has 0 saturated heterocycles. The van der Waals surface area contributed by atoms with E-state index in [-0.39, 0.29) is 16.6 Å². The molecule has 5 rings (SSSR count). The van der Waals surface area contributed by atoms with Crippen molar-refractivity contribution < 1.29 is 8.78 Å². The Kier molecular flexibility index (Phi) is 4.78. The summed E-state index contributed by atoms with van der Waals surface area (Å²) in [6.45, 7) is 2.33. The van der Waals surface area contributed by atoms with Crippen LogP contribution in [0.1, 0.15) is 24.2 Å². The number of pyridine rings is 1. The first-order valence-electron chi connectivity index (χ1n) is 9.64. The van der Waals surface area contributed by atoms with E-state index in [0.717, 1.165) is 11.3 Å². The summed E-state index contributed by atoms with van der Waals surface area (Å²) in [5, 5.41) is 7.34. The van der Waals surface area contributed by atoms with E-state index in [1.807, 2.05) is 13.0 Å². The largest absolute Gasteiger partial charge is 0.362 e. The number of hydrogen-bond donors (Lipinski definition) is 3. The third-order valence-corrected chi connectivity index (χ3v) is 5.36. The van der Waals surface area contributed by atoms with Crippen LogP contribution in [-0.2, 0) is 0 Å². The van der Waals surface area contributed by atoms with Gasteiger partial charge in [0.25, 0.3) is 0 Å². The van der Waals surface area contributed by atoms with Gasteiger partial charge in [-0.1, -0.05) is 23.7 Å². The van der Waals surface area contributed by atoms with Crippen molar-refractivity contribution in [3.8, 4) is 11.3 Å². The molecule has 0 aliphatic carbocycles. The molecular formula is C22H17ClF2N6. The molecule has 0 spiro atoms. The fourth-order valence-corrected chi connectivity index (χ4v) is 3.93. The summed E-state index contributed by atoms with van der Waals surface area (Å²) in [5.74, 6) is 0.412. The highest BCUT2D eigenvalue weighted by molar-refractivity contribution is 6.30. The van der Waals surface area contributed by atoms with Crippen molar-refractivity contribution in [1.29, 1.82) is 0 Å². The van der Waals surface area contributed by atoms with Crippen LogP contribution in [0.25, 0.3) is 22.2 Å². The first kappa shape index (κ1) is 19.4. The number of rotatable bonds is 3. The SMILES string of the molecule is C[C@H](NC1=NCNc2nc[nH]c21)c1cc2cccc(F)c2nc1-c1cc(F)cc(Cl)c1. The van der Waals surface area contributed by atoms with Gasteiger partial charge in [-0.05, 0) is 37.3 Å². The van der Waals surface area contributed by atoms with Crippen molar-refractivity contribution in [2.75, 3.05) is 12.0 Å². The molecule has 9 heteroatoms.